The maximum absolute atomic E-state index is 13.3. The molecule has 1 amide bonds. The second-order valence-corrected chi connectivity index (χ2v) is 14.2. The standard InChI is InChI=1S/C36H60N2O9/c1-9-28(40)26(5)33-29(45-33)23-35(6,43)16-11-12-24(3)32-25(4)13-14-30(46-34(42)38-20-18-37(8)19-21-38)36(7,44-10-2)17-15-27(39)22-31(41)47-32/h11-14,16,25-30,32-33,39-40,43H,9-10,15,17-23H2,1-8H3/b14-13+,16-11+,24-12+/t25-,26+,27+,28-,29+,30+,32+,33+,35-,36+/m0/s1. The number of ether oxygens (including phenoxy) is 4. The lowest BCUT2D eigenvalue weighted by molar-refractivity contribution is -0.152. The van der Waals surface area contributed by atoms with Crippen LogP contribution in [0.2, 0.25) is 0 Å². The topological polar surface area (TPSA) is 142 Å². The van der Waals surface area contributed by atoms with E-state index in [4.69, 9.17) is 18.9 Å². The first-order chi connectivity index (χ1) is 22.1. The number of likely N-dealkylation sites (N-methyl/N-ethyl adjacent to an activating group) is 1. The molecule has 3 aliphatic heterocycles. The van der Waals surface area contributed by atoms with E-state index in [0.717, 1.165) is 18.7 Å². The number of piperazine rings is 1. The third-order valence-corrected chi connectivity index (χ3v) is 9.81. The molecular formula is C36H60N2O9. The molecule has 0 bridgehead atoms. The number of nitrogens with zero attached hydrogens (tertiary/aromatic N) is 2. The molecule has 2 fully saturated rings. The Hall–Kier alpha value is -2.28. The SMILES string of the molecule is CCO[C@]1(C)CC[C@@H](O)CC(=O)O[C@H](/C(C)=C/C=C/[C@](C)(O)C[C@H]2O[C@@H]2[C@H](C)[C@@H](O)CC)[C@@H](C)/C=C/[C@H]1OC(=O)N1CCN(C)CC1. The molecule has 0 aromatic heterocycles. The normalized spacial score (nSPS) is 34.8. The van der Waals surface area contributed by atoms with Gasteiger partial charge in [-0.2, -0.15) is 0 Å². The third-order valence-electron chi connectivity index (χ3n) is 9.81. The fourth-order valence-electron chi connectivity index (χ4n) is 6.45. The average Bonchev–Trinajstić information content (AvgIpc) is 3.77. The second kappa shape index (κ2) is 17.4. The molecule has 0 aromatic carbocycles. The van der Waals surface area contributed by atoms with Gasteiger partial charge in [0.2, 0.25) is 0 Å². The maximum atomic E-state index is 13.3. The summed E-state index contributed by atoms with van der Waals surface area (Å²) in [7, 11) is 2.02. The van der Waals surface area contributed by atoms with Crippen LogP contribution in [0.15, 0.2) is 36.0 Å². The zero-order chi connectivity index (χ0) is 34.9. The number of amides is 1. The van der Waals surface area contributed by atoms with E-state index in [2.05, 4.69) is 4.90 Å². The van der Waals surface area contributed by atoms with E-state index in [1.165, 1.54) is 0 Å². The highest BCUT2D eigenvalue weighted by Crippen LogP contribution is 2.37. The van der Waals surface area contributed by atoms with E-state index in [-0.39, 0.29) is 36.9 Å². The molecule has 47 heavy (non-hydrogen) atoms. The van der Waals surface area contributed by atoms with E-state index in [1.807, 2.05) is 66.8 Å². The minimum atomic E-state index is -1.14. The number of rotatable bonds is 11. The number of carbonyl (C=O) groups excluding carboxylic acids is 2. The van der Waals surface area contributed by atoms with Gasteiger partial charge in [-0.25, -0.2) is 4.79 Å². The van der Waals surface area contributed by atoms with Gasteiger partial charge in [-0.15, -0.1) is 0 Å². The van der Waals surface area contributed by atoms with Crippen molar-refractivity contribution in [2.45, 2.75) is 128 Å². The van der Waals surface area contributed by atoms with Gasteiger partial charge in [0, 0.05) is 51.0 Å². The van der Waals surface area contributed by atoms with Gasteiger partial charge in [0.05, 0.1) is 36.4 Å². The van der Waals surface area contributed by atoms with Gasteiger partial charge in [-0.3, -0.25) is 4.79 Å². The summed E-state index contributed by atoms with van der Waals surface area (Å²) in [5.74, 6) is -0.830. The van der Waals surface area contributed by atoms with E-state index in [9.17, 15) is 24.9 Å². The molecule has 268 valence electrons. The number of esters is 1. The second-order valence-electron chi connectivity index (χ2n) is 14.2. The van der Waals surface area contributed by atoms with Crippen molar-refractivity contribution in [3.63, 3.8) is 0 Å². The Kier molecular flexibility index (Phi) is 14.5. The number of carbonyl (C=O) groups is 2. The monoisotopic (exact) mass is 664 g/mol. The lowest BCUT2D eigenvalue weighted by Gasteiger charge is -2.38. The van der Waals surface area contributed by atoms with Crippen LogP contribution in [0.3, 0.4) is 0 Å². The number of aliphatic hydroxyl groups excluding tert-OH is 2. The average molecular weight is 665 g/mol. The molecule has 11 nitrogen and oxygen atoms in total. The van der Waals surface area contributed by atoms with E-state index in [1.54, 1.807) is 24.0 Å². The fraction of sp³-hybridized carbons (Fsp3) is 0.778. The minimum Gasteiger partial charge on any atom is -0.457 e. The smallest absolute Gasteiger partial charge is 0.410 e. The third kappa shape index (κ3) is 11.7. The molecule has 0 aliphatic carbocycles. The first-order valence-corrected chi connectivity index (χ1v) is 17.3. The molecule has 0 unspecified atom stereocenters. The van der Waals surface area contributed by atoms with Gasteiger partial charge in [-0.05, 0) is 65.7 Å². The zero-order valence-corrected chi connectivity index (χ0v) is 29.8. The van der Waals surface area contributed by atoms with Crippen LogP contribution in [-0.2, 0) is 23.7 Å². The van der Waals surface area contributed by atoms with E-state index < -0.39 is 47.7 Å². The van der Waals surface area contributed by atoms with Crippen LogP contribution in [0.25, 0.3) is 0 Å². The molecule has 3 heterocycles. The molecule has 11 heteroatoms. The Labute approximate surface area is 281 Å². The lowest BCUT2D eigenvalue weighted by Crippen LogP contribution is -2.51. The van der Waals surface area contributed by atoms with Gasteiger partial charge < -0.3 is 44.1 Å². The van der Waals surface area contributed by atoms with Crippen LogP contribution in [0, 0.1) is 11.8 Å². The Balaban J connectivity index is 1.79. The number of hydrogen-bond acceptors (Lipinski definition) is 10. The van der Waals surface area contributed by atoms with Gasteiger partial charge >= 0.3 is 12.1 Å². The number of cyclic esters (lactones) is 1. The van der Waals surface area contributed by atoms with Crippen molar-refractivity contribution in [2.24, 2.45) is 11.8 Å². The molecule has 3 aliphatic rings. The zero-order valence-electron chi connectivity index (χ0n) is 29.8. The maximum Gasteiger partial charge on any atom is 0.410 e. The summed E-state index contributed by atoms with van der Waals surface area (Å²) in [6.07, 6.45) is 7.06. The van der Waals surface area contributed by atoms with Crippen LogP contribution in [0.5, 0.6) is 0 Å². The Bertz CT molecular complexity index is 1120. The van der Waals surface area contributed by atoms with Crippen LogP contribution in [0.4, 0.5) is 4.79 Å². The van der Waals surface area contributed by atoms with E-state index >= 15 is 0 Å². The quantitative estimate of drug-likeness (QED) is 0.128. The molecule has 0 spiro atoms. The van der Waals surface area contributed by atoms with Gasteiger partial charge in [-0.1, -0.05) is 45.1 Å². The van der Waals surface area contributed by atoms with Crippen molar-refractivity contribution in [2.75, 3.05) is 39.8 Å². The predicted molar refractivity (Wildman–Crippen MR) is 180 cm³/mol. The van der Waals surface area contributed by atoms with Crippen molar-refractivity contribution in [1.82, 2.24) is 9.80 Å². The van der Waals surface area contributed by atoms with Gasteiger partial charge in [0.1, 0.15) is 11.7 Å². The summed E-state index contributed by atoms with van der Waals surface area (Å²) in [5, 5.41) is 32.0. The molecule has 0 radical (unpaired) electrons. The highest BCUT2D eigenvalue weighted by Gasteiger charge is 2.47. The molecule has 0 saturated carbocycles. The Morgan fingerprint density at radius 2 is 1.91 bits per heavy atom. The minimum absolute atomic E-state index is 0.00271. The number of allylic oxidation sites excluding steroid dienone is 2. The fourth-order valence-corrected chi connectivity index (χ4v) is 6.45. The highest BCUT2D eigenvalue weighted by atomic mass is 16.6. The lowest BCUT2D eigenvalue weighted by atomic mass is 9.88. The molecule has 0 aromatic rings. The summed E-state index contributed by atoms with van der Waals surface area (Å²) in [6, 6.07) is 0. The summed E-state index contributed by atoms with van der Waals surface area (Å²) in [4.78, 5) is 30.1. The van der Waals surface area contributed by atoms with Crippen LogP contribution in [-0.4, -0.2) is 125 Å². The van der Waals surface area contributed by atoms with Crippen molar-refractivity contribution in [3.05, 3.63) is 36.0 Å². The van der Waals surface area contributed by atoms with Crippen molar-refractivity contribution < 1.29 is 43.9 Å². The van der Waals surface area contributed by atoms with E-state index in [0.29, 0.717) is 39.0 Å². The van der Waals surface area contributed by atoms with Crippen molar-refractivity contribution in [1.29, 1.82) is 0 Å². The van der Waals surface area contributed by atoms with Gasteiger partial charge in [0.25, 0.3) is 0 Å². The molecule has 3 N–H and O–H groups in total. The molecular weight excluding hydrogens is 604 g/mol. The number of aliphatic hydroxyl groups is 3. The largest absolute Gasteiger partial charge is 0.457 e. The van der Waals surface area contributed by atoms with Crippen LogP contribution < -0.4 is 0 Å². The summed E-state index contributed by atoms with van der Waals surface area (Å²) in [6.45, 7) is 16.2. The Morgan fingerprint density at radius 3 is 2.55 bits per heavy atom. The Morgan fingerprint density at radius 1 is 1.23 bits per heavy atom. The van der Waals surface area contributed by atoms with Gasteiger partial charge in [0.15, 0.2) is 6.10 Å². The molecule has 2 saturated heterocycles. The van der Waals surface area contributed by atoms with Crippen molar-refractivity contribution >= 4 is 12.1 Å². The summed E-state index contributed by atoms with van der Waals surface area (Å²) in [5.41, 5.74) is -1.33. The summed E-state index contributed by atoms with van der Waals surface area (Å²) < 4.78 is 24.0. The van der Waals surface area contributed by atoms with Crippen LogP contribution >= 0.6 is 0 Å². The first-order valence-electron chi connectivity index (χ1n) is 17.3. The number of epoxide rings is 1. The predicted octanol–water partition coefficient (Wildman–Crippen LogP) is 4.00. The van der Waals surface area contributed by atoms with Crippen LogP contribution in [0.1, 0.15) is 80.6 Å². The first kappa shape index (κ1) is 39.2. The molecule has 3 rings (SSSR count). The molecule has 10 atom stereocenters. The highest BCUT2D eigenvalue weighted by molar-refractivity contribution is 5.70. The van der Waals surface area contributed by atoms with Crippen molar-refractivity contribution in [3.8, 4) is 0 Å². The number of hydrogen-bond donors (Lipinski definition) is 3. The summed E-state index contributed by atoms with van der Waals surface area (Å²) >= 11 is 0.